The van der Waals surface area contributed by atoms with Gasteiger partial charge in [0.25, 0.3) is 0 Å². The molecule has 1 nitrogen and oxygen atoms in total. The molecule has 0 aromatic rings. The summed E-state index contributed by atoms with van der Waals surface area (Å²) in [4.78, 5) is 2.51. The molecule has 0 aliphatic rings. The van der Waals surface area contributed by atoms with Gasteiger partial charge < -0.3 is 4.90 Å². The van der Waals surface area contributed by atoms with Crippen LogP contribution in [0.4, 0.5) is 0 Å². The standard InChI is InChI=1S/C16H35N/c1-6-8-9-10-11-16(4)12-13-17(5)14-15(3)7-2/h15-16H,6-14H2,1-5H3. The Morgan fingerprint density at radius 3 is 2.18 bits per heavy atom. The molecule has 0 aliphatic heterocycles. The van der Waals surface area contributed by atoms with E-state index < -0.39 is 0 Å². The third kappa shape index (κ3) is 10.8. The van der Waals surface area contributed by atoms with Gasteiger partial charge in [0.2, 0.25) is 0 Å². The van der Waals surface area contributed by atoms with Crippen molar-refractivity contribution in [1.82, 2.24) is 4.90 Å². The molecular weight excluding hydrogens is 206 g/mol. The predicted molar refractivity (Wildman–Crippen MR) is 79.5 cm³/mol. The second-order valence-electron chi connectivity index (χ2n) is 6.02. The minimum absolute atomic E-state index is 0.847. The molecule has 0 amide bonds. The summed E-state index contributed by atoms with van der Waals surface area (Å²) in [5.74, 6) is 1.76. The molecule has 0 aromatic heterocycles. The second-order valence-corrected chi connectivity index (χ2v) is 6.02. The molecule has 0 spiro atoms. The SMILES string of the molecule is CCCCCCC(C)CCN(C)CC(C)CC. The van der Waals surface area contributed by atoms with E-state index in [1.165, 1.54) is 58.0 Å². The van der Waals surface area contributed by atoms with Crippen LogP contribution in [0.1, 0.15) is 72.6 Å². The molecule has 0 N–H and O–H groups in total. The van der Waals surface area contributed by atoms with Crippen LogP contribution in [0.5, 0.6) is 0 Å². The molecule has 0 aliphatic carbocycles. The Balaban J connectivity index is 3.45. The van der Waals surface area contributed by atoms with E-state index in [9.17, 15) is 0 Å². The van der Waals surface area contributed by atoms with E-state index in [0.717, 1.165) is 11.8 Å². The van der Waals surface area contributed by atoms with Gasteiger partial charge in [-0.15, -0.1) is 0 Å². The monoisotopic (exact) mass is 241 g/mol. The highest BCUT2D eigenvalue weighted by Gasteiger charge is 2.07. The van der Waals surface area contributed by atoms with E-state index >= 15 is 0 Å². The van der Waals surface area contributed by atoms with E-state index in [0.29, 0.717) is 0 Å². The molecule has 0 heterocycles. The van der Waals surface area contributed by atoms with Crippen molar-refractivity contribution in [1.29, 1.82) is 0 Å². The van der Waals surface area contributed by atoms with Gasteiger partial charge in [-0.25, -0.2) is 0 Å². The highest BCUT2D eigenvalue weighted by Crippen LogP contribution is 2.14. The first-order valence-corrected chi connectivity index (χ1v) is 7.78. The molecular formula is C16H35N. The zero-order valence-electron chi connectivity index (χ0n) is 13.0. The van der Waals surface area contributed by atoms with E-state index in [2.05, 4.69) is 39.6 Å². The van der Waals surface area contributed by atoms with Gasteiger partial charge in [-0.1, -0.05) is 66.2 Å². The Morgan fingerprint density at radius 2 is 1.59 bits per heavy atom. The zero-order chi connectivity index (χ0) is 13.1. The van der Waals surface area contributed by atoms with Crippen molar-refractivity contribution in [3.05, 3.63) is 0 Å². The van der Waals surface area contributed by atoms with Crippen LogP contribution in [-0.4, -0.2) is 25.0 Å². The number of nitrogens with zero attached hydrogens (tertiary/aromatic N) is 1. The Kier molecular flexibility index (Phi) is 11.0. The van der Waals surface area contributed by atoms with Gasteiger partial charge in [0.05, 0.1) is 0 Å². The number of hydrogen-bond acceptors (Lipinski definition) is 1. The quantitative estimate of drug-likeness (QED) is 0.462. The fourth-order valence-corrected chi connectivity index (χ4v) is 2.26. The maximum Gasteiger partial charge on any atom is 0.000387 e. The first-order chi connectivity index (χ1) is 8.10. The molecule has 1 heteroatoms. The van der Waals surface area contributed by atoms with Crippen molar-refractivity contribution in [2.45, 2.75) is 72.6 Å². The zero-order valence-corrected chi connectivity index (χ0v) is 13.0. The Labute approximate surface area is 110 Å². The van der Waals surface area contributed by atoms with E-state index in [-0.39, 0.29) is 0 Å². The van der Waals surface area contributed by atoms with Gasteiger partial charge in [-0.2, -0.15) is 0 Å². The largest absolute Gasteiger partial charge is 0.306 e. The molecule has 0 radical (unpaired) electrons. The molecule has 0 aromatic carbocycles. The second kappa shape index (κ2) is 11.1. The van der Waals surface area contributed by atoms with Crippen molar-refractivity contribution >= 4 is 0 Å². The normalized spacial score (nSPS) is 15.2. The Hall–Kier alpha value is -0.0400. The van der Waals surface area contributed by atoms with Gasteiger partial charge in [0.1, 0.15) is 0 Å². The molecule has 0 saturated carbocycles. The summed E-state index contributed by atoms with van der Waals surface area (Å²) in [7, 11) is 2.27. The highest BCUT2D eigenvalue weighted by molar-refractivity contribution is 4.61. The smallest absolute Gasteiger partial charge is 0.000387 e. The fraction of sp³-hybridized carbons (Fsp3) is 1.00. The lowest BCUT2D eigenvalue weighted by Crippen LogP contribution is -2.26. The first kappa shape index (κ1) is 17.0. The number of unbranched alkanes of at least 4 members (excludes halogenated alkanes) is 3. The molecule has 104 valence electrons. The minimum Gasteiger partial charge on any atom is -0.306 e. The lowest BCUT2D eigenvalue weighted by Gasteiger charge is -2.22. The van der Waals surface area contributed by atoms with E-state index in [4.69, 9.17) is 0 Å². The molecule has 0 rings (SSSR count). The summed E-state index contributed by atoms with van der Waals surface area (Å²) < 4.78 is 0. The average Bonchev–Trinajstić information content (AvgIpc) is 2.32. The maximum absolute atomic E-state index is 2.51. The Bertz CT molecular complexity index is 156. The molecule has 0 bridgehead atoms. The summed E-state index contributed by atoms with van der Waals surface area (Å²) in [6.07, 6.45) is 9.74. The minimum atomic E-state index is 0.847. The fourth-order valence-electron chi connectivity index (χ4n) is 2.26. The number of rotatable bonds is 11. The van der Waals surface area contributed by atoms with E-state index in [1.807, 2.05) is 0 Å². The summed E-state index contributed by atoms with van der Waals surface area (Å²) in [5.41, 5.74) is 0. The summed E-state index contributed by atoms with van der Waals surface area (Å²) in [6, 6.07) is 0. The van der Waals surface area contributed by atoms with Crippen molar-refractivity contribution in [3.8, 4) is 0 Å². The lowest BCUT2D eigenvalue weighted by atomic mass is 9.99. The lowest BCUT2D eigenvalue weighted by molar-refractivity contribution is 0.260. The summed E-state index contributed by atoms with van der Waals surface area (Å²) in [5, 5.41) is 0. The van der Waals surface area contributed by atoms with Crippen LogP contribution in [0.15, 0.2) is 0 Å². The Morgan fingerprint density at radius 1 is 0.882 bits per heavy atom. The third-order valence-electron chi connectivity index (χ3n) is 3.87. The van der Waals surface area contributed by atoms with Gasteiger partial charge >= 0.3 is 0 Å². The van der Waals surface area contributed by atoms with Crippen LogP contribution in [0.25, 0.3) is 0 Å². The third-order valence-corrected chi connectivity index (χ3v) is 3.87. The molecule has 0 saturated heterocycles. The van der Waals surface area contributed by atoms with Gasteiger partial charge in [-0.05, 0) is 31.8 Å². The molecule has 2 unspecified atom stereocenters. The molecule has 17 heavy (non-hydrogen) atoms. The van der Waals surface area contributed by atoms with Crippen LogP contribution in [-0.2, 0) is 0 Å². The van der Waals surface area contributed by atoms with Crippen molar-refractivity contribution < 1.29 is 0 Å². The summed E-state index contributed by atoms with van der Waals surface area (Å²) in [6.45, 7) is 11.9. The van der Waals surface area contributed by atoms with Gasteiger partial charge in [0, 0.05) is 6.54 Å². The predicted octanol–water partition coefficient (Wildman–Crippen LogP) is 4.96. The van der Waals surface area contributed by atoms with Gasteiger partial charge in [-0.3, -0.25) is 0 Å². The van der Waals surface area contributed by atoms with Crippen LogP contribution in [0, 0.1) is 11.8 Å². The van der Waals surface area contributed by atoms with Crippen LogP contribution in [0.3, 0.4) is 0 Å². The van der Waals surface area contributed by atoms with Crippen LogP contribution < -0.4 is 0 Å². The first-order valence-electron chi connectivity index (χ1n) is 7.78. The van der Waals surface area contributed by atoms with E-state index in [1.54, 1.807) is 0 Å². The molecule has 2 atom stereocenters. The van der Waals surface area contributed by atoms with Crippen LogP contribution in [0.2, 0.25) is 0 Å². The van der Waals surface area contributed by atoms with Crippen molar-refractivity contribution in [2.24, 2.45) is 11.8 Å². The van der Waals surface area contributed by atoms with Gasteiger partial charge in [0.15, 0.2) is 0 Å². The topological polar surface area (TPSA) is 3.24 Å². The number of hydrogen-bond donors (Lipinski definition) is 0. The average molecular weight is 241 g/mol. The van der Waals surface area contributed by atoms with Crippen molar-refractivity contribution in [3.63, 3.8) is 0 Å². The van der Waals surface area contributed by atoms with Crippen molar-refractivity contribution in [2.75, 3.05) is 20.1 Å². The maximum atomic E-state index is 2.51. The highest BCUT2D eigenvalue weighted by atomic mass is 15.1. The van der Waals surface area contributed by atoms with Crippen LogP contribution >= 0.6 is 0 Å². The molecule has 0 fully saturated rings. The summed E-state index contributed by atoms with van der Waals surface area (Å²) >= 11 is 0.